The molecule has 0 atom stereocenters. The van der Waals surface area contributed by atoms with Gasteiger partial charge in [-0.1, -0.05) is 29.8 Å². The van der Waals surface area contributed by atoms with Gasteiger partial charge in [-0.25, -0.2) is 5.43 Å². The molecule has 6 heteroatoms. The molecule has 0 aliphatic carbocycles. The first-order valence-corrected chi connectivity index (χ1v) is 11.8. The van der Waals surface area contributed by atoms with Crippen molar-refractivity contribution >= 4 is 40.4 Å². The Morgan fingerprint density at radius 2 is 1.88 bits per heavy atom. The summed E-state index contributed by atoms with van der Waals surface area (Å²) in [5.74, 6) is 0.605. The van der Waals surface area contributed by atoms with Gasteiger partial charge in [-0.2, -0.15) is 5.10 Å². The van der Waals surface area contributed by atoms with Gasteiger partial charge in [0.15, 0.2) is 0 Å². The summed E-state index contributed by atoms with van der Waals surface area (Å²) in [7, 11) is 0. The van der Waals surface area contributed by atoms with Gasteiger partial charge < -0.3 is 9.64 Å². The third-order valence-electron chi connectivity index (χ3n) is 5.41. The van der Waals surface area contributed by atoms with Crippen LogP contribution >= 0.6 is 22.6 Å². The summed E-state index contributed by atoms with van der Waals surface area (Å²) in [5.41, 5.74) is 7.62. The van der Waals surface area contributed by atoms with Crippen LogP contribution in [0.1, 0.15) is 39.9 Å². The number of rotatable bonds is 7. The summed E-state index contributed by atoms with van der Waals surface area (Å²) in [5, 5.41) is 4.11. The molecule has 32 heavy (non-hydrogen) atoms. The second-order valence-corrected chi connectivity index (χ2v) is 9.07. The fourth-order valence-electron chi connectivity index (χ4n) is 3.71. The van der Waals surface area contributed by atoms with Crippen molar-refractivity contribution in [1.29, 1.82) is 0 Å². The number of hydrogen-bond acceptors (Lipinski definition) is 4. The summed E-state index contributed by atoms with van der Waals surface area (Å²) in [6.45, 7) is 4.77. The fourth-order valence-corrected chi connectivity index (χ4v) is 4.40. The van der Waals surface area contributed by atoms with Gasteiger partial charge in [0.2, 0.25) is 0 Å². The first-order chi connectivity index (χ1) is 15.6. The summed E-state index contributed by atoms with van der Waals surface area (Å²) in [6.07, 6.45) is 4.11. The van der Waals surface area contributed by atoms with Crippen LogP contribution in [0.2, 0.25) is 0 Å². The number of ether oxygens (including phenoxy) is 1. The highest BCUT2D eigenvalue weighted by molar-refractivity contribution is 14.1. The van der Waals surface area contributed by atoms with E-state index in [0.29, 0.717) is 12.2 Å². The molecule has 0 spiro atoms. The van der Waals surface area contributed by atoms with Crippen LogP contribution in [0.15, 0.2) is 71.8 Å². The normalized spacial score (nSPS) is 13.5. The molecule has 1 amide bonds. The maximum absolute atomic E-state index is 12.4. The number of carbonyl (C=O) groups is 1. The second kappa shape index (κ2) is 10.6. The van der Waals surface area contributed by atoms with Crippen LogP contribution in [0, 0.1) is 10.5 Å². The van der Waals surface area contributed by atoms with E-state index in [9.17, 15) is 4.79 Å². The molecule has 1 heterocycles. The molecule has 1 aliphatic rings. The van der Waals surface area contributed by atoms with E-state index in [-0.39, 0.29) is 5.91 Å². The zero-order valence-corrected chi connectivity index (χ0v) is 20.2. The molecule has 3 aromatic rings. The highest BCUT2D eigenvalue weighted by Gasteiger charge is 2.13. The van der Waals surface area contributed by atoms with Gasteiger partial charge in [-0.15, -0.1) is 0 Å². The first kappa shape index (κ1) is 22.3. The molecular formula is C26H26IN3O2. The number of benzene rings is 3. The first-order valence-electron chi connectivity index (χ1n) is 10.7. The lowest BCUT2D eigenvalue weighted by Crippen LogP contribution is -2.19. The van der Waals surface area contributed by atoms with Crippen molar-refractivity contribution < 1.29 is 9.53 Å². The Hall–Kier alpha value is -2.87. The maximum Gasteiger partial charge on any atom is 0.271 e. The van der Waals surface area contributed by atoms with Gasteiger partial charge in [-0.05, 0) is 95.9 Å². The molecule has 1 saturated heterocycles. The predicted molar refractivity (Wildman–Crippen MR) is 138 cm³/mol. The molecule has 1 fully saturated rings. The number of hydrogen-bond donors (Lipinski definition) is 1. The van der Waals surface area contributed by atoms with E-state index >= 15 is 0 Å². The van der Waals surface area contributed by atoms with Gasteiger partial charge in [0.25, 0.3) is 5.91 Å². The standard InChI is InChI=1S/C26H26IN3O2/c1-19-5-4-6-21(15-19)18-32-25-12-7-20(16-24(25)27)17-28-29-26(31)22-8-10-23(11-9-22)30-13-2-3-14-30/h4-12,15-17H,2-3,13-14,18H2,1H3,(H,29,31)/b28-17-. The number of nitrogens with zero attached hydrogens (tertiary/aromatic N) is 2. The average molecular weight is 539 g/mol. The zero-order valence-electron chi connectivity index (χ0n) is 18.1. The topological polar surface area (TPSA) is 53.9 Å². The van der Waals surface area contributed by atoms with Crippen LogP contribution in [0.5, 0.6) is 5.75 Å². The molecule has 1 aliphatic heterocycles. The van der Waals surface area contributed by atoms with Gasteiger partial charge >= 0.3 is 0 Å². The summed E-state index contributed by atoms with van der Waals surface area (Å²) in [4.78, 5) is 14.7. The molecule has 4 rings (SSSR count). The molecule has 1 N–H and O–H groups in total. The van der Waals surface area contributed by atoms with E-state index in [4.69, 9.17) is 4.74 Å². The molecular weight excluding hydrogens is 513 g/mol. The predicted octanol–water partition coefficient (Wildman–Crippen LogP) is 5.54. The maximum atomic E-state index is 12.4. The van der Waals surface area contributed by atoms with E-state index in [1.165, 1.54) is 24.1 Å². The summed E-state index contributed by atoms with van der Waals surface area (Å²) >= 11 is 2.25. The SMILES string of the molecule is Cc1cccc(COc2ccc(/C=N\NC(=O)c3ccc(N4CCCC4)cc3)cc2I)c1. The van der Waals surface area contributed by atoms with Crippen molar-refractivity contribution in [2.45, 2.75) is 26.4 Å². The van der Waals surface area contributed by atoms with Gasteiger partial charge in [0.05, 0.1) is 9.78 Å². The highest BCUT2D eigenvalue weighted by atomic mass is 127. The van der Waals surface area contributed by atoms with Crippen molar-refractivity contribution in [1.82, 2.24) is 5.43 Å². The Labute approximate surface area is 202 Å². The van der Waals surface area contributed by atoms with Crippen molar-refractivity contribution in [3.05, 3.63) is 92.6 Å². The highest BCUT2D eigenvalue weighted by Crippen LogP contribution is 2.23. The van der Waals surface area contributed by atoms with Gasteiger partial charge in [0.1, 0.15) is 12.4 Å². The average Bonchev–Trinajstić information content (AvgIpc) is 3.34. The zero-order chi connectivity index (χ0) is 22.3. The molecule has 0 unspecified atom stereocenters. The van der Waals surface area contributed by atoms with Crippen LogP contribution in [-0.2, 0) is 6.61 Å². The smallest absolute Gasteiger partial charge is 0.271 e. The summed E-state index contributed by atoms with van der Waals surface area (Å²) in [6, 6.07) is 21.8. The van der Waals surface area contributed by atoms with Crippen LogP contribution in [0.3, 0.4) is 0 Å². The van der Waals surface area contributed by atoms with E-state index in [1.807, 2.05) is 48.5 Å². The lowest BCUT2D eigenvalue weighted by atomic mass is 10.1. The number of hydrazone groups is 1. The Kier molecular flexibility index (Phi) is 7.42. The molecule has 164 valence electrons. The largest absolute Gasteiger partial charge is 0.488 e. The van der Waals surface area contributed by atoms with Crippen molar-refractivity contribution in [2.75, 3.05) is 18.0 Å². The number of amides is 1. The number of nitrogens with one attached hydrogen (secondary N) is 1. The van der Waals surface area contributed by atoms with E-state index in [2.05, 4.69) is 63.1 Å². The third-order valence-corrected chi connectivity index (χ3v) is 6.26. The van der Waals surface area contributed by atoms with E-state index in [1.54, 1.807) is 6.21 Å². The van der Waals surface area contributed by atoms with Crippen LogP contribution in [0.4, 0.5) is 5.69 Å². The van der Waals surface area contributed by atoms with Gasteiger partial charge in [0, 0.05) is 24.3 Å². The number of halogens is 1. The lowest BCUT2D eigenvalue weighted by molar-refractivity contribution is 0.0955. The molecule has 0 saturated carbocycles. The molecule has 0 aromatic heterocycles. The molecule has 3 aromatic carbocycles. The van der Waals surface area contributed by atoms with E-state index in [0.717, 1.165) is 33.5 Å². The van der Waals surface area contributed by atoms with Crippen LogP contribution in [0.25, 0.3) is 0 Å². The van der Waals surface area contributed by atoms with Crippen molar-refractivity contribution in [2.24, 2.45) is 5.10 Å². The summed E-state index contributed by atoms with van der Waals surface area (Å²) < 4.78 is 6.94. The van der Waals surface area contributed by atoms with Gasteiger partial charge in [-0.3, -0.25) is 4.79 Å². The minimum Gasteiger partial charge on any atom is -0.488 e. The minimum absolute atomic E-state index is 0.220. The van der Waals surface area contributed by atoms with Crippen molar-refractivity contribution in [3.8, 4) is 5.75 Å². The third kappa shape index (κ3) is 5.88. The second-order valence-electron chi connectivity index (χ2n) is 7.91. The monoisotopic (exact) mass is 539 g/mol. The fraction of sp³-hybridized carbons (Fsp3) is 0.231. The number of anilines is 1. The van der Waals surface area contributed by atoms with E-state index < -0.39 is 0 Å². The molecule has 0 radical (unpaired) electrons. The quantitative estimate of drug-likeness (QED) is 0.244. The minimum atomic E-state index is -0.220. The van der Waals surface area contributed by atoms with Crippen LogP contribution in [-0.4, -0.2) is 25.2 Å². The van der Waals surface area contributed by atoms with Crippen molar-refractivity contribution in [3.63, 3.8) is 0 Å². The Morgan fingerprint density at radius 3 is 2.59 bits per heavy atom. The number of aryl methyl sites for hydroxylation is 1. The van der Waals surface area contributed by atoms with Crippen LogP contribution < -0.4 is 15.1 Å². The Morgan fingerprint density at radius 1 is 1.09 bits per heavy atom. The Balaban J connectivity index is 1.31. The molecule has 5 nitrogen and oxygen atoms in total. The lowest BCUT2D eigenvalue weighted by Gasteiger charge is -2.17. The Bertz CT molecular complexity index is 1110. The number of carbonyl (C=O) groups excluding carboxylic acids is 1. The molecule has 0 bridgehead atoms.